The number of likely N-dealkylation sites (tertiary alicyclic amines) is 1. The quantitative estimate of drug-likeness (QED) is 0.343. The normalized spacial score (nSPS) is 21.8. The maximum atomic E-state index is 14.5. The summed E-state index contributed by atoms with van der Waals surface area (Å²) in [6.45, 7) is 10.9. The lowest BCUT2D eigenvalue weighted by atomic mass is 9.86. The Balaban J connectivity index is 1.34. The number of sulfonamides is 1. The minimum Gasteiger partial charge on any atom is -0.336 e. The van der Waals surface area contributed by atoms with Crippen LogP contribution in [0.5, 0.6) is 0 Å². The van der Waals surface area contributed by atoms with Crippen molar-refractivity contribution < 1.29 is 17.6 Å². The Morgan fingerprint density at radius 2 is 1.90 bits per heavy atom. The summed E-state index contributed by atoms with van der Waals surface area (Å²) in [7, 11) is -3.17. The number of rotatable bonds is 10. The number of hydrogen-bond donors (Lipinski definition) is 2. The molecule has 11 heteroatoms. The summed E-state index contributed by atoms with van der Waals surface area (Å²) in [6.07, 6.45) is 6.50. The van der Waals surface area contributed by atoms with Crippen molar-refractivity contribution in [2.45, 2.75) is 77.8 Å². The summed E-state index contributed by atoms with van der Waals surface area (Å²) in [5.41, 5.74) is 3.46. The Labute approximate surface area is 248 Å². The van der Waals surface area contributed by atoms with Crippen LogP contribution in [0.4, 0.5) is 4.39 Å². The molecule has 1 unspecified atom stereocenters. The molecular formula is C31H43FN6O3S. The summed E-state index contributed by atoms with van der Waals surface area (Å²) in [5.74, 6) is 0.270. The number of carbonyl (C=O) groups excluding carboxylic acids is 1. The molecule has 1 aromatic carbocycles. The molecule has 1 saturated heterocycles. The number of halogens is 1. The van der Waals surface area contributed by atoms with Crippen LogP contribution in [0.3, 0.4) is 0 Å². The third-order valence-electron chi connectivity index (χ3n) is 8.95. The molecule has 1 amide bonds. The molecule has 2 aliphatic rings. The fraction of sp³-hybridized carbons (Fsp3) is 0.581. The zero-order valence-corrected chi connectivity index (χ0v) is 25.9. The van der Waals surface area contributed by atoms with Gasteiger partial charge in [-0.2, -0.15) is 5.10 Å². The maximum absolute atomic E-state index is 14.5. The van der Waals surface area contributed by atoms with Crippen molar-refractivity contribution >= 4 is 27.0 Å². The van der Waals surface area contributed by atoms with Crippen LogP contribution in [0.1, 0.15) is 81.8 Å². The molecule has 3 aromatic rings. The molecule has 3 heterocycles. The van der Waals surface area contributed by atoms with E-state index in [1.165, 1.54) is 12.1 Å². The van der Waals surface area contributed by atoms with Crippen LogP contribution in [-0.4, -0.2) is 83.3 Å². The zero-order valence-electron chi connectivity index (χ0n) is 25.1. The first-order valence-corrected chi connectivity index (χ1v) is 16.9. The van der Waals surface area contributed by atoms with Crippen LogP contribution < -0.4 is 4.72 Å². The third-order valence-corrected chi connectivity index (χ3v) is 10.4. The smallest absolute Gasteiger partial charge is 0.254 e. The van der Waals surface area contributed by atoms with Crippen LogP contribution in [0.15, 0.2) is 30.5 Å². The minimum atomic E-state index is -3.17. The number of aromatic nitrogens is 3. The second kappa shape index (κ2) is 12.8. The van der Waals surface area contributed by atoms with Gasteiger partial charge in [0.05, 0.1) is 17.5 Å². The van der Waals surface area contributed by atoms with E-state index >= 15 is 0 Å². The van der Waals surface area contributed by atoms with Gasteiger partial charge in [-0.3, -0.25) is 9.89 Å². The Kier molecular flexibility index (Phi) is 9.29. The average Bonchev–Trinajstić information content (AvgIpc) is 3.63. The van der Waals surface area contributed by atoms with Gasteiger partial charge < -0.3 is 9.80 Å². The van der Waals surface area contributed by atoms with Crippen molar-refractivity contribution in [3.05, 3.63) is 47.5 Å². The predicted molar refractivity (Wildman–Crippen MR) is 163 cm³/mol. The SMILES string of the molecule is CCN(C(=O)c1cc(F)ccc1-c1cc(C2CCN(CC3CCC(NS(=O)(=O)CC)CC3)C2)nc2[nH]ncc12)C(C)C. The number of carbonyl (C=O) groups is 1. The molecule has 0 spiro atoms. The Morgan fingerprint density at radius 3 is 2.60 bits per heavy atom. The van der Waals surface area contributed by atoms with Crippen molar-refractivity contribution in [3.63, 3.8) is 0 Å². The number of benzene rings is 1. The number of pyridine rings is 1. The standard InChI is InChI=1S/C31H43FN6O3S/c1-5-38(20(3)4)31(39)27-15-23(32)9-12-25(27)26-16-29(34-30-28(26)17-33-35-30)22-13-14-37(19-22)18-21-7-10-24(11-8-21)36-42(40,41)6-2/h9,12,15-17,20-22,24,36H,5-8,10-11,13-14,18-19H2,1-4H3,(H,33,34,35). The van der Waals surface area contributed by atoms with Crippen molar-refractivity contribution in [2.24, 2.45) is 5.92 Å². The topological polar surface area (TPSA) is 111 Å². The Hall–Kier alpha value is -2.89. The van der Waals surface area contributed by atoms with Gasteiger partial charge in [0, 0.05) is 48.7 Å². The highest BCUT2D eigenvalue weighted by atomic mass is 32.2. The van der Waals surface area contributed by atoms with Crippen molar-refractivity contribution in [3.8, 4) is 11.1 Å². The first-order valence-electron chi connectivity index (χ1n) is 15.3. The third kappa shape index (κ3) is 6.68. The number of aromatic amines is 1. The summed E-state index contributed by atoms with van der Waals surface area (Å²) in [5, 5.41) is 8.06. The fourth-order valence-corrected chi connectivity index (χ4v) is 7.52. The van der Waals surface area contributed by atoms with Gasteiger partial charge in [-0.1, -0.05) is 6.07 Å². The summed E-state index contributed by atoms with van der Waals surface area (Å²) in [4.78, 5) is 22.8. The van der Waals surface area contributed by atoms with E-state index in [1.807, 2.05) is 20.8 Å². The van der Waals surface area contributed by atoms with E-state index in [0.717, 1.165) is 68.4 Å². The molecule has 1 aliphatic heterocycles. The summed E-state index contributed by atoms with van der Waals surface area (Å²) < 4.78 is 41.2. The van der Waals surface area contributed by atoms with E-state index in [-0.39, 0.29) is 29.7 Å². The molecule has 228 valence electrons. The molecule has 2 fully saturated rings. The molecule has 1 aliphatic carbocycles. The highest BCUT2D eigenvalue weighted by Gasteiger charge is 2.31. The number of H-pyrrole nitrogens is 1. The molecule has 42 heavy (non-hydrogen) atoms. The molecule has 1 saturated carbocycles. The van der Waals surface area contributed by atoms with Gasteiger partial charge in [0.2, 0.25) is 10.0 Å². The number of amides is 1. The van der Waals surface area contributed by atoms with E-state index in [2.05, 4.69) is 25.9 Å². The second-order valence-electron chi connectivity index (χ2n) is 12.1. The monoisotopic (exact) mass is 598 g/mol. The number of nitrogens with one attached hydrogen (secondary N) is 2. The van der Waals surface area contributed by atoms with Gasteiger partial charge in [-0.05, 0) is 102 Å². The van der Waals surface area contributed by atoms with Crippen molar-refractivity contribution in [1.29, 1.82) is 0 Å². The number of hydrogen-bond acceptors (Lipinski definition) is 6. The molecule has 0 bridgehead atoms. The summed E-state index contributed by atoms with van der Waals surface area (Å²) >= 11 is 0. The summed E-state index contributed by atoms with van der Waals surface area (Å²) in [6, 6.07) is 6.54. The van der Waals surface area contributed by atoms with Gasteiger partial charge in [0.1, 0.15) is 5.82 Å². The maximum Gasteiger partial charge on any atom is 0.254 e. The Morgan fingerprint density at radius 1 is 1.14 bits per heavy atom. The van der Waals surface area contributed by atoms with Gasteiger partial charge >= 0.3 is 0 Å². The van der Waals surface area contributed by atoms with Gasteiger partial charge in [0.25, 0.3) is 5.91 Å². The molecule has 2 N–H and O–H groups in total. The average molecular weight is 599 g/mol. The number of nitrogens with zero attached hydrogens (tertiary/aromatic N) is 4. The van der Waals surface area contributed by atoms with Crippen LogP contribution in [0, 0.1) is 11.7 Å². The molecule has 5 rings (SSSR count). The van der Waals surface area contributed by atoms with Crippen LogP contribution in [-0.2, 0) is 10.0 Å². The minimum absolute atomic E-state index is 0.0132. The molecule has 2 aromatic heterocycles. The lowest BCUT2D eigenvalue weighted by Crippen LogP contribution is -2.40. The van der Waals surface area contributed by atoms with Gasteiger partial charge in [-0.25, -0.2) is 22.5 Å². The van der Waals surface area contributed by atoms with E-state index < -0.39 is 15.8 Å². The van der Waals surface area contributed by atoms with E-state index in [0.29, 0.717) is 29.2 Å². The highest BCUT2D eigenvalue weighted by molar-refractivity contribution is 7.89. The highest BCUT2D eigenvalue weighted by Crippen LogP contribution is 2.36. The molecule has 0 radical (unpaired) electrons. The lowest BCUT2D eigenvalue weighted by Gasteiger charge is -2.31. The predicted octanol–water partition coefficient (Wildman–Crippen LogP) is 4.92. The van der Waals surface area contributed by atoms with Crippen LogP contribution in [0.2, 0.25) is 0 Å². The zero-order chi connectivity index (χ0) is 30.0. The van der Waals surface area contributed by atoms with E-state index in [9.17, 15) is 17.6 Å². The first-order chi connectivity index (χ1) is 20.1. The Bertz CT molecular complexity index is 1520. The molecular weight excluding hydrogens is 555 g/mol. The van der Waals surface area contributed by atoms with Gasteiger partial charge in [0.15, 0.2) is 5.65 Å². The van der Waals surface area contributed by atoms with Crippen molar-refractivity contribution in [1.82, 2.24) is 29.7 Å². The van der Waals surface area contributed by atoms with Crippen molar-refractivity contribution in [2.75, 3.05) is 31.9 Å². The lowest BCUT2D eigenvalue weighted by molar-refractivity contribution is 0.0717. The molecule has 1 atom stereocenters. The van der Waals surface area contributed by atoms with E-state index in [4.69, 9.17) is 4.98 Å². The fourth-order valence-electron chi connectivity index (χ4n) is 6.61. The number of fused-ring (bicyclic) bond motifs is 1. The van der Waals surface area contributed by atoms with E-state index in [1.54, 1.807) is 24.1 Å². The van der Waals surface area contributed by atoms with Crippen LogP contribution in [0.25, 0.3) is 22.2 Å². The molecule has 9 nitrogen and oxygen atoms in total. The second-order valence-corrected chi connectivity index (χ2v) is 14.1. The van der Waals surface area contributed by atoms with Crippen LogP contribution >= 0.6 is 0 Å². The first kappa shape index (κ1) is 30.6. The largest absolute Gasteiger partial charge is 0.336 e. The van der Waals surface area contributed by atoms with Gasteiger partial charge in [-0.15, -0.1) is 0 Å².